The van der Waals surface area contributed by atoms with Crippen molar-refractivity contribution in [1.82, 2.24) is 4.98 Å². The van der Waals surface area contributed by atoms with E-state index < -0.39 is 0 Å². The number of benzene rings is 2. The molecule has 0 bridgehead atoms. The van der Waals surface area contributed by atoms with Gasteiger partial charge in [0.25, 0.3) is 5.91 Å². The molecule has 0 N–H and O–H groups in total. The van der Waals surface area contributed by atoms with Crippen LogP contribution in [-0.2, 0) is 4.79 Å². The van der Waals surface area contributed by atoms with Crippen LogP contribution >= 0.6 is 22.9 Å². The minimum absolute atomic E-state index is 0.0887. The predicted octanol–water partition coefficient (Wildman–Crippen LogP) is 5.16. The Morgan fingerprint density at radius 3 is 2.60 bits per heavy atom. The van der Waals surface area contributed by atoms with Gasteiger partial charge >= 0.3 is 0 Å². The van der Waals surface area contributed by atoms with Crippen molar-refractivity contribution in [3.05, 3.63) is 70.2 Å². The quantitative estimate of drug-likeness (QED) is 0.621. The third-order valence-corrected chi connectivity index (χ3v) is 4.92. The molecule has 0 aliphatic carbocycles. The van der Waals surface area contributed by atoms with Crippen molar-refractivity contribution in [2.75, 3.05) is 11.5 Å². The number of carbonyl (C=O) groups is 1. The molecular formula is C19H17ClN2O2S. The van der Waals surface area contributed by atoms with Crippen molar-refractivity contribution in [2.24, 2.45) is 0 Å². The molecule has 1 heterocycles. The van der Waals surface area contributed by atoms with Crippen molar-refractivity contribution in [2.45, 2.75) is 13.8 Å². The molecule has 128 valence electrons. The van der Waals surface area contributed by atoms with Gasteiger partial charge in [-0.1, -0.05) is 29.8 Å². The summed E-state index contributed by atoms with van der Waals surface area (Å²) in [6.45, 7) is 3.71. The Bertz CT molecular complexity index is 880. The van der Waals surface area contributed by atoms with E-state index >= 15 is 0 Å². The molecule has 0 spiro atoms. The lowest BCUT2D eigenvalue weighted by atomic mass is 10.2. The summed E-state index contributed by atoms with van der Waals surface area (Å²) in [6.07, 6.45) is 0. The fourth-order valence-corrected chi connectivity index (χ4v) is 3.25. The number of carbonyl (C=O) groups excluding carboxylic acids is 1. The van der Waals surface area contributed by atoms with E-state index in [1.165, 1.54) is 11.3 Å². The van der Waals surface area contributed by atoms with Crippen LogP contribution in [0.2, 0.25) is 5.02 Å². The first-order valence-electron chi connectivity index (χ1n) is 7.73. The number of ether oxygens (including phenoxy) is 1. The van der Waals surface area contributed by atoms with Gasteiger partial charge in [0.2, 0.25) is 0 Å². The van der Waals surface area contributed by atoms with Crippen molar-refractivity contribution >= 4 is 39.7 Å². The zero-order chi connectivity index (χ0) is 17.8. The number of aromatic nitrogens is 1. The van der Waals surface area contributed by atoms with Gasteiger partial charge < -0.3 is 4.74 Å². The summed E-state index contributed by atoms with van der Waals surface area (Å²) in [5, 5.41) is 3.22. The molecule has 1 aromatic heterocycles. The van der Waals surface area contributed by atoms with Crippen LogP contribution < -0.4 is 9.64 Å². The van der Waals surface area contributed by atoms with Crippen LogP contribution in [0.4, 0.5) is 10.8 Å². The molecule has 0 aliphatic rings. The molecule has 3 rings (SSSR count). The molecular weight excluding hydrogens is 356 g/mol. The summed E-state index contributed by atoms with van der Waals surface area (Å²) in [7, 11) is 0. The summed E-state index contributed by atoms with van der Waals surface area (Å²) < 4.78 is 5.66. The number of hydrogen-bond donors (Lipinski definition) is 0. The van der Waals surface area contributed by atoms with Crippen LogP contribution in [0.1, 0.15) is 11.3 Å². The molecule has 0 saturated carbocycles. The van der Waals surface area contributed by atoms with E-state index in [-0.39, 0.29) is 12.5 Å². The molecule has 0 radical (unpaired) electrons. The standard InChI is InChI=1S/C19H17ClN2O2S/c1-13-10-16(8-9-17(13)20)24-11-18(23)22(15-6-4-3-5-7-15)19-21-14(2)12-25-19/h3-10,12H,11H2,1-2H3. The maximum Gasteiger partial charge on any atom is 0.271 e. The highest BCUT2D eigenvalue weighted by molar-refractivity contribution is 7.14. The Kier molecular flexibility index (Phi) is 5.36. The van der Waals surface area contributed by atoms with E-state index in [1.807, 2.05) is 55.6 Å². The Balaban J connectivity index is 1.81. The number of amides is 1. The average molecular weight is 373 g/mol. The topological polar surface area (TPSA) is 42.4 Å². The fourth-order valence-electron chi connectivity index (χ4n) is 2.30. The number of hydrogen-bond acceptors (Lipinski definition) is 4. The normalized spacial score (nSPS) is 10.5. The third kappa shape index (κ3) is 4.18. The molecule has 0 saturated heterocycles. The smallest absolute Gasteiger partial charge is 0.271 e. The van der Waals surface area contributed by atoms with Gasteiger partial charge in [0.05, 0.1) is 11.4 Å². The van der Waals surface area contributed by atoms with Crippen molar-refractivity contribution in [3.63, 3.8) is 0 Å². The molecule has 3 aromatic rings. The predicted molar refractivity (Wildman–Crippen MR) is 102 cm³/mol. The first kappa shape index (κ1) is 17.5. The number of nitrogens with zero attached hydrogens (tertiary/aromatic N) is 2. The largest absolute Gasteiger partial charge is 0.484 e. The van der Waals surface area contributed by atoms with Gasteiger partial charge in [-0.05, 0) is 49.7 Å². The minimum atomic E-state index is -0.187. The number of para-hydroxylation sites is 1. The molecule has 6 heteroatoms. The molecule has 2 aromatic carbocycles. The number of thiazole rings is 1. The van der Waals surface area contributed by atoms with Gasteiger partial charge in [-0.15, -0.1) is 11.3 Å². The summed E-state index contributed by atoms with van der Waals surface area (Å²) in [5.74, 6) is 0.423. The Hall–Kier alpha value is -2.37. The lowest BCUT2D eigenvalue weighted by Crippen LogP contribution is -2.30. The van der Waals surface area contributed by atoms with Gasteiger partial charge in [-0.3, -0.25) is 9.69 Å². The van der Waals surface area contributed by atoms with Gasteiger partial charge in [0, 0.05) is 10.4 Å². The highest BCUT2D eigenvalue weighted by atomic mass is 35.5. The van der Waals surface area contributed by atoms with Gasteiger partial charge in [-0.2, -0.15) is 0 Å². The SMILES string of the molecule is Cc1csc(N(C(=O)COc2ccc(Cl)c(C)c2)c2ccccc2)n1. The monoisotopic (exact) mass is 372 g/mol. The summed E-state index contributed by atoms with van der Waals surface area (Å²) >= 11 is 7.45. The molecule has 0 aliphatic heterocycles. The highest BCUT2D eigenvalue weighted by Crippen LogP contribution is 2.29. The fraction of sp³-hybridized carbons (Fsp3) is 0.158. The van der Waals surface area contributed by atoms with E-state index in [0.29, 0.717) is 15.9 Å². The van der Waals surface area contributed by atoms with E-state index in [9.17, 15) is 4.79 Å². The summed E-state index contributed by atoms with van der Waals surface area (Å²) in [6, 6.07) is 14.8. The lowest BCUT2D eigenvalue weighted by molar-refractivity contribution is -0.119. The second-order valence-corrected chi connectivity index (χ2v) is 6.78. The average Bonchev–Trinajstić information content (AvgIpc) is 3.03. The second-order valence-electron chi connectivity index (χ2n) is 5.54. The van der Waals surface area contributed by atoms with Crippen molar-refractivity contribution in [3.8, 4) is 5.75 Å². The molecule has 1 amide bonds. The minimum Gasteiger partial charge on any atom is -0.484 e. The summed E-state index contributed by atoms with van der Waals surface area (Å²) in [5.41, 5.74) is 2.54. The maximum absolute atomic E-state index is 12.8. The van der Waals surface area contributed by atoms with Crippen LogP contribution in [0.3, 0.4) is 0 Å². The van der Waals surface area contributed by atoms with Gasteiger partial charge in [0.1, 0.15) is 5.75 Å². The first-order valence-corrected chi connectivity index (χ1v) is 8.99. The van der Waals surface area contributed by atoms with Crippen LogP contribution in [0.15, 0.2) is 53.9 Å². The van der Waals surface area contributed by atoms with Crippen molar-refractivity contribution in [1.29, 1.82) is 0 Å². The summed E-state index contributed by atoms with van der Waals surface area (Å²) in [4.78, 5) is 18.8. The maximum atomic E-state index is 12.8. The van der Waals surface area contributed by atoms with E-state index in [0.717, 1.165) is 16.9 Å². The third-order valence-electron chi connectivity index (χ3n) is 3.55. The van der Waals surface area contributed by atoms with Crippen LogP contribution in [0, 0.1) is 13.8 Å². The van der Waals surface area contributed by atoms with Crippen LogP contribution in [0.25, 0.3) is 0 Å². The molecule has 0 atom stereocenters. The zero-order valence-electron chi connectivity index (χ0n) is 13.9. The second kappa shape index (κ2) is 7.68. The number of aryl methyl sites for hydroxylation is 2. The highest BCUT2D eigenvalue weighted by Gasteiger charge is 2.21. The first-order chi connectivity index (χ1) is 12.0. The molecule has 0 fully saturated rings. The number of anilines is 2. The van der Waals surface area contributed by atoms with Crippen molar-refractivity contribution < 1.29 is 9.53 Å². The Morgan fingerprint density at radius 1 is 1.20 bits per heavy atom. The zero-order valence-corrected chi connectivity index (χ0v) is 15.5. The Morgan fingerprint density at radius 2 is 1.96 bits per heavy atom. The molecule has 25 heavy (non-hydrogen) atoms. The van der Waals surface area contributed by atoms with Gasteiger partial charge in [0.15, 0.2) is 11.7 Å². The number of halogens is 1. The molecule has 4 nitrogen and oxygen atoms in total. The van der Waals surface area contributed by atoms with Crippen LogP contribution in [-0.4, -0.2) is 17.5 Å². The van der Waals surface area contributed by atoms with E-state index in [4.69, 9.17) is 16.3 Å². The van der Waals surface area contributed by atoms with E-state index in [2.05, 4.69) is 4.98 Å². The lowest BCUT2D eigenvalue weighted by Gasteiger charge is -2.20. The van der Waals surface area contributed by atoms with Gasteiger partial charge in [-0.25, -0.2) is 4.98 Å². The van der Waals surface area contributed by atoms with Crippen LogP contribution in [0.5, 0.6) is 5.75 Å². The number of rotatable bonds is 5. The van der Waals surface area contributed by atoms with E-state index in [1.54, 1.807) is 17.0 Å². The Labute approximate surface area is 155 Å². The molecule has 0 unspecified atom stereocenters.